The highest BCUT2D eigenvalue weighted by Crippen LogP contribution is 2.35. The van der Waals surface area contributed by atoms with E-state index in [0.717, 1.165) is 30.5 Å². The van der Waals surface area contributed by atoms with E-state index in [1.165, 1.54) is 4.90 Å². The van der Waals surface area contributed by atoms with Crippen LogP contribution in [0.25, 0.3) is 0 Å². The number of likely N-dealkylation sites (tertiary alicyclic amines) is 1. The number of carboxylic acids is 1. The Morgan fingerprint density at radius 1 is 1.12 bits per heavy atom. The van der Waals surface area contributed by atoms with Gasteiger partial charge < -0.3 is 5.11 Å². The molecule has 1 N–H and O–H groups in total. The summed E-state index contributed by atoms with van der Waals surface area (Å²) in [5, 5.41) is 10.4. The van der Waals surface area contributed by atoms with Crippen LogP contribution >= 0.6 is 23.4 Å². The first-order valence-corrected chi connectivity index (χ1v) is 10.1. The molecule has 0 aliphatic carbocycles. The summed E-state index contributed by atoms with van der Waals surface area (Å²) in [5.41, 5.74) is 2.20. The van der Waals surface area contributed by atoms with Crippen LogP contribution in [-0.4, -0.2) is 34.8 Å². The molecule has 0 spiro atoms. The predicted octanol–water partition coefficient (Wildman–Crippen LogP) is 5.09. The van der Waals surface area contributed by atoms with Gasteiger partial charge in [-0.3, -0.25) is 9.69 Å². The summed E-state index contributed by atoms with van der Waals surface area (Å²) in [4.78, 5) is 15.1. The SMILES string of the molecule is CSc1ccc(C(c2ccc(Cl)cc2)N2CCCCC2C(=O)O)cc1. The molecule has 25 heavy (non-hydrogen) atoms. The number of hydrogen-bond acceptors (Lipinski definition) is 3. The lowest BCUT2D eigenvalue weighted by Gasteiger charge is -2.39. The lowest BCUT2D eigenvalue weighted by molar-refractivity contribution is -0.145. The summed E-state index contributed by atoms with van der Waals surface area (Å²) in [5.74, 6) is -0.737. The molecular weight excluding hydrogens is 354 g/mol. The number of carbonyl (C=O) groups is 1. The van der Waals surface area contributed by atoms with Crippen LogP contribution in [0, 0.1) is 0 Å². The Morgan fingerprint density at radius 2 is 1.72 bits per heavy atom. The molecule has 2 aromatic rings. The monoisotopic (exact) mass is 375 g/mol. The number of benzene rings is 2. The first-order chi connectivity index (χ1) is 12.1. The zero-order valence-electron chi connectivity index (χ0n) is 14.2. The molecule has 5 heteroatoms. The number of nitrogens with zero attached hydrogens (tertiary/aromatic N) is 1. The summed E-state index contributed by atoms with van der Waals surface area (Å²) in [6.07, 6.45) is 4.74. The van der Waals surface area contributed by atoms with Gasteiger partial charge in [-0.1, -0.05) is 42.3 Å². The number of rotatable bonds is 5. The summed E-state index contributed by atoms with van der Waals surface area (Å²) < 4.78 is 0. The first kappa shape index (κ1) is 18.3. The van der Waals surface area contributed by atoms with E-state index >= 15 is 0 Å². The van der Waals surface area contributed by atoms with E-state index in [0.29, 0.717) is 11.4 Å². The van der Waals surface area contributed by atoms with E-state index in [1.807, 2.05) is 24.3 Å². The number of carboxylic acid groups (broad SMARTS) is 1. The predicted molar refractivity (Wildman–Crippen MR) is 103 cm³/mol. The molecule has 1 aliphatic heterocycles. The number of aliphatic carboxylic acids is 1. The molecule has 1 saturated heterocycles. The number of thioether (sulfide) groups is 1. The third kappa shape index (κ3) is 4.20. The molecule has 2 aromatic carbocycles. The van der Waals surface area contributed by atoms with Gasteiger partial charge in [-0.05, 0) is 61.0 Å². The van der Waals surface area contributed by atoms with Crippen molar-refractivity contribution in [3.8, 4) is 0 Å². The fraction of sp³-hybridized carbons (Fsp3) is 0.350. The van der Waals surface area contributed by atoms with E-state index < -0.39 is 12.0 Å². The molecule has 0 aromatic heterocycles. The Balaban J connectivity index is 2.03. The van der Waals surface area contributed by atoms with Crippen LogP contribution in [0.15, 0.2) is 53.4 Å². The van der Waals surface area contributed by atoms with Gasteiger partial charge in [-0.2, -0.15) is 0 Å². The Kier molecular flexibility index (Phi) is 6.05. The molecule has 2 unspecified atom stereocenters. The smallest absolute Gasteiger partial charge is 0.320 e. The van der Waals surface area contributed by atoms with Crippen molar-refractivity contribution in [2.45, 2.75) is 36.2 Å². The van der Waals surface area contributed by atoms with Crippen molar-refractivity contribution in [1.29, 1.82) is 0 Å². The maximum absolute atomic E-state index is 11.8. The Hall–Kier alpha value is -1.49. The quantitative estimate of drug-likeness (QED) is 0.739. The van der Waals surface area contributed by atoms with Crippen LogP contribution in [0.2, 0.25) is 5.02 Å². The zero-order valence-corrected chi connectivity index (χ0v) is 15.8. The van der Waals surface area contributed by atoms with Crippen LogP contribution in [0.4, 0.5) is 0 Å². The standard InChI is InChI=1S/C20H22ClNO2S/c1-25-17-11-7-15(8-12-17)19(14-5-9-16(21)10-6-14)22-13-3-2-4-18(22)20(23)24/h5-12,18-19H,2-4,13H2,1H3,(H,23,24). The number of halogens is 1. The summed E-state index contributed by atoms with van der Waals surface area (Å²) in [6, 6.07) is 15.7. The molecule has 0 saturated carbocycles. The minimum Gasteiger partial charge on any atom is -0.480 e. The molecule has 3 rings (SSSR count). The maximum atomic E-state index is 11.8. The molecule has 0 bridgehead atoms. The van der Waals surface area contributed by atoms with Crippen molar-refractivity contribution in [3.05, 3.63) is 64.7 Å². The van der Waals surface area contributed by atoms with Gasteiger partial charge in [0.15, 0.2) is 0 Å². The minimum absolute atomic E-state index is 0.0745. The lowest BCUT2D eigenvalue weighted by atomic mass is 9.92. The number of hydrogen-bond donors (Lipinski definition) is 1. The molecular formula is C20H22ClNO2S. The average molecular weight is 376 g/mol. The van der Waals surface area contributed by atoms with Crippen LogP contribution in [0.1, 0.15) is 36.4 Å². The molecule has 0 radical (unpaired) electrons. The van der Waals surface area contributed by atoms with Crippen molar-refractivity contribution in [2.75, 3.05) is 12.8 Å². The Bertz CT molecular complexity index is 717. The Morgan fingerprint density at radius 3 is 2.28 bits per heavy atom. The fourth-order valence-corrected chi connectivity index (χ4v) is 4.07. The molecule has 3 nitrogen and oxygen atoms in total. The van der Waals surface area contributed by atoms with Gasteiger partial charge in [0.2, 0.25) is 0 Å². The summed E-state index contributed by atoms with van der Waals surface area (Å²) >= 11 is 7.76. The molecule has 1 heterocycles. The van der Waals surface area contributed by atoms with Crippen molar-refractivity contribution in [1.82, 2.24) is 4.90 Å². The first-order valence-electron chi connectivity index (χ1n) is 8.48. The van der Waals surface area contributed by atoms with E-state index in [9.17, 15) is 9.90 Å². The van der Waals surface area contributed by atoms with E-state index in [1.54, 1.807) is 11.8 Å². The van der Waals surface area contributed by atoms with Gasteiger partial charge in [0.25, 0.3) is 0 Å². The fourth-order valence-electron chi connectivity index (χ4n) is 3.53. The molecule has 2 atom stereocenters. The normalized spacial score (nSPS) is 19.5. The van der Waals surface area contributed by atoms with Crippen LogP contribution in [-0.2, 0) is 4.79 Å². The molecule has 1 fully saturated rings. The second-order valence-electron chi connectivity index (χ2n) is 6.31. The topological polar surface area (TPSA) is 40.5 Å². The molecule has 132 valence electrons. The van der Waals surface area contributed by atoms with Gasteiger partial charge >= 0.3 is 5.97 Å². The summed E-state index contributed by atoms with van der Waals surface area (Å²) in [6.45, 7) is 0.786. The number of piperidine rings is 1. The average Bonchev–Trinajstić information content (AvgIpc) is 2.64. The maximum Gasteiger partial charge on any atom is 0.320 e. The van der Waals surface area contributed by atoms with Gasteiger partial charge in [-0.15, -0.1) is 11.8 Å². The van der Waals surface area contributed by atoms with Crippen molar-refractivity contribution < 1.29 is 9.90 Å². The van der Waals surface area contributed by atoms with E-state index in [-0.39, 0.29) is 6.04 Å². The lowest BCUT2D eigenvalue weighted by Crippen LogP contribution is -2.46. The van der Waals surface area contributed by atoms with Gasteiger partial charge in [-0.25, -0.2) is 0 Å². The van der Waals surface area contributed by atoms with Crippen LogP contribution in [0.5, 0.6) is 0 Å². The zero-order chi connectivity index (χ0) is 17.8. The second-order valence-corrected chi connectivity index (χ2v) is 7.63. The minimum atomic E-state index is -0.737. The van der Waals surface area contributed by atoms with Crippen molar-refractivity contribution in [2.24, 2.45) is 0 Å². The highest BCUT2D eigenvalue weighted by atomic mass is 35.5. The highest BCUT2D eigenvalue weighted by molar-refractivity contribution is 7.98. The van der Waals surface area contributed by atoms with Crippen molar-refractivity contribution in [3.63, 3.8) is 0 Å². The van der Waals surface area contributed by atoms with E-state index in [4.69, 9.17) is 11.6 Å². The van der Waals surface area contributed by atoms with Crippen molar-refractivity contribution >= 4 is 29.3 Å². The highest BCUT2D eigenvalue weighted by Gasteiger charge is 2.35. The molecule has 1 aliphatic rings. The van der Waals surface area contributed by atoms with Gasteiger partial charge in [0.05, 0.1) is 6.04 Å². The van der Waals surface area contributed by atoms with Gasteiger partial charge in [0.1, 0.15) is 6.04 Å². The second kappa shape index (κ2) is 8.26. The van der Waals surface area contributed by atoms with Gasteiger partial charge in [0, 0.05) is 9.92 Å². The third-order valence-electron chi connectivity index (χ3n) is 4.78. The van der Waals surface area contributed by atoms with Crippen LogP contribution in [0.3, 0.4) is 0 Å². The largest absolute Gasteiger partial charge is 0.480 e. The van der Waals surface area contributed by atoms with Crippen LogP contribution < -0.4 is 0 Å². The Labute approximate surface area is 158 Å². The summed E-state index contributed by atoms with van der Waals surface area (Å²) in [7, 11) is 0. The molecule has 0 amide bonds. The van der Waals surface area contributed by atoms with E-state index in [2.05, 4.69) is 35.4 Å². The third-order valence-corrected chi connectivity index (χ3v) is 5.77.